The lowest BCUT2D eigenvalue weighted by Gasteiger charge is -2.30. The number of amides is 1. The molecule has 0 aliphatic carbocycles. The molecule has 4 heterocycles. The van der Waals surface area contributed by atoms with Crippen LogP contribution >= 0.6 is 0 Å². The third-order valence-corrected chi connectivity index (χ3v) is 5.36. The van der Waals surface area contributed by atoms with Gasteiger partial charge in [-0.3, -0.25) is 4.79 Å². The number of aromatic nitrogens is 2. The van der Waals surface area contributed by atoms with Crippen LogP contribution in [0.1, 0.15) is 24.4 Å². The molecule has 9 heteroatoms. The number of rotatable bonds is 4. The molecule has 4 aromatic rings. The molecule has 156 valence electrons. The molecule has 0 spiro atoms. The number of hydrogen-bond donors (Lipinski definition) is 1. The predicted molar refractivity (Wildman–Crippen MR) is 111 cm³/mol. The van der Waals surface area contributed by atoms with Gasteiger partial charge in [-0.15, -0.1) is 0 Å². The number of nitrogens with one attached hydrogen (secondary N) is 1. The van der Waals surface area contributed by atoms with Crippen molar-refractivity contribution in [3.8, 4) is 17.7 Å². The van der Waals surface area contributed by atoms with Crippen molar-refractivity contribution in [3.05, 3.63) is 48.2 Å². The SMILES string of the molecule is Cc1nc2cc(NC(=O)C3CCN(c4oc(-c5ccco5)nc4C#N)CC3)ccc2o1. The Labute approximate surface area is 177 Å². The van der Waals surface area contributed by atoms with E-state index in [1.165, 1.54) is 6.26 Å². The van der Waals surface area contributed by atoms with Gasteiger partial charge in [-0.05, 0) is 43.2 Å². The number of nitriles is 1. The van der Waals surface area contributed by atoms with Gasteiger partial charge in [-0.25, -0.2) is 4.98 Å². The minimum atomic E-state index is -0.135. The first-order valence-electron chi connectivity index (χ1n) is 9.98. The fourth-order valence-corrected chi connectivity index (χ4v) is 3.81. The third kappa shape index (κ3) is 3.64. The van der Waals surface area contributed by atoms with Crippen LogP contribution in [0.2, 0.25) is 0 Å². The number of anilines is 2. The van der Waals surface area contributed by atoms with Crippen LogP contribution in [0.4, 0.5) is 11.6 Å². The molecule has 31 heavy (non-hydrogen) atoms. The zero-order valence-electron chi connectivity index (χ0n) is 16.8. The molecule has 0 saturated carbocycles. The van der Waals surface area contributed by atoms with Crippen LogP contribution in [0.25, 0.3) is 22.8 Å². The molecule has 1 N–H and O–H groups in total. The van der Waals surface area contributed by atoms with Crippen LogP contribution in [0, 0.1) is 24.2 Å². The number of carbonyl (C=O) groups excluding carboxylic acids is 1. The molecule has 1 aliphatic heterocycles. The van der Waals surface area contributed by atoms with Gasteiger partial charge in [0.05, 0.1) is 6.26 Å². The standard InChI is InChI=1S/C22H19N5O4/c1-13-24-16-11-15(4-5-18(16)30-13)25-20(28)14-6-8-27(9-7-14)22-17(12-23)26-21(31-22)19-3-2-10-29-19/h2-5,10-11,14H,6-9H2,1H3,(H,25,28). The first-order chi connectivity index (χ1) is 15.1. The van der Waals surface area contributed by atoms with Gasteiger partial charge in [-0.2, -0.15) is 10.2 Å². The van der Waals surface area contributed by atoms with Crippen LogP contribution in [0.15, 0.2) is 49.8 Å². The largest absolute Gasteiger partial charge is 0.459 e. The Morgan fingerprint density at radius 1 is 1.23 bits per heavy atom. The van der Waals surface area contributed by atoms with Gasteiger partial charge in [0.2, 0.25) is 17.5 Å². The maximum atomic E-state index is 12.8. The Kier molecular flexibility index (Phi) is 4.67. The first kappa shape index (κ1) is 18.9. The van der Waals surface area contributed by atoms with E-state index in [1.54, 1.807) is 25.1 Å². The van der Waals surface area contributed by atoms with E-state index in [0.29, 0.717) is 60.3 Å². The average Bonchev–Trinajstić information content (AvgIpc) is 3.52. The predicted octanol–water partition coefficient (Wildman–Crippen LogP) is 4.11. The molecule has 0 radical (unpaired) electrons. The van der Waals surface area contributed by atoms with E-state index in [4.69, 9.17) is 13.3 Å². The van der Waals surface area contributed by atoms with Gasteiger partial charge in [0.1, 0.15) is 11.6 Å². The molecule has 1 aliphatic rings. The number of benzene rings is 1. The molecule has 1 saturated heterocycles. The highest BCUT2D eigenvalue weighted by atomic mass is 16.4. The van der Waals surface area contributed by atoms with Crippen LogP contribution in [-0.4, -0.2) is 29.0 Å². The second kappa shape index (κ2) is 7.65. The van der Waals surface area contributed by atoms with Gasteiger partial charge >= 0.3 is 0 Å². The van der Waals surface area contributed by atoms with E-state index in [0.717, 1.165) is 0 Å². The summed E-state index contributed by atoms with van der Waals surface area (Å²) in [7, 11) is 0. The maximum Gasteiger partial charge on any atom is 0.266 e. The van der Waals surface area contributed by atoms with Gasteiger partial charge in [-0.1, -0.05) is 0 Å². The quantitative estimate of drug-likeness (QED) is 0.526. The normalized spacial score (nSPS) is 14.6. The molecule has 1 aromatic carbocycles. The second-order valence-corrected chi connectivity index (χ2v) is 7.43. The Hall–Kier alpha value is -4.06. The number of piperidine rings is 1. The van der Waals surface area contributed by atoms with Crippen molar-refractivity contribution in [1.82, 2.24) is 9.97 Å². The van der Waals surface area contributed by atoms with Gasteiger partial charge in [0, 0.05) is 31.6 Å². The van der Waals surface area contributed by atoms with Crippen molar-refractivity contribution in [2.24, 2.45) is 5.92 Å². The zero-order valence-corrected chi connectivity index (χ0v) is 16.8. The van der Waals surface area contributed by atoms with Crippen molar-refractivity contribution in [1.29, 1.82) is 5.26 Å². The lowest BCUT2D eigenvalue weighted by Crippen LogP contribution is -2.38. The fourth-order valence-electron chi connectivity index (χ4n) is 3.81. The molecule has 0 unspecified atom stereocenters. The summed E-state index contributed by atoms with van der Waals surface area (Å²) < 4.78 is 16.6. The second-order valence-electron chi connectivity index (χ2n) is 7.43. The molecular weight excluding hydrogens is 398 g/mol. The summed E-state index contributed by atoms with van der Waals surface area (Å²) in [6.07, 6.45) is 2.80. The van der Waals surface area contributed by atoms with Crippen molar-refractivity contribution < 1.29 is 18.0 Å². The van der Waals surface area contributed by atoms with Crippen LogP contribution in [0.3, 0.4) is 0 Å². The molecule has 5 rings (SSSR count). The monoisotopic (exact) mass is 417 g/mol. The molecule has 0 atom stereocenters. The zero-order chi connectivity index (χ0) is 21.4. The van der Waals surface area contributed by atoms with E-state index in [2.05, 4.69) is 21.4 Å². The summed E-state index contributed by atoms with van der Waals surface area (Å²) in [5, 5.41) is 12.4. The highest BCUT2D eigenvalue weighted by molar-refractivity contribution is 5.94. The Balaban J connectivity index is 1.25. The van der Waals surface area contributed by atoms with E-state index in [1.807, 2.05) is 17.0 Å². The fraction of sp³-hybridized carbons (Fsp3) is 0.273. The number of nitrogens with zero attached hydrogens (tertiary/aromatic N) is 4. The summed E-state index contributed by atoms with van der Waals surface area (Å²) in [6.45, 7) is 2.96. The number of aryl methyl sites for hydroxylation is 1. The van der Waals surface area contributed by atoms with Gasteiger partial charge in [0.15, 0.2) is 17.2 Å². The van der Waals surface area contributed by atoms with Crippen LogP contribution in [0.5, 0.6) is 0 Å². The highest BCUT2D eigenvalue weighted by Crippen LogP contribution is 2.31. The minimum Gasteiger partial charge on any atom is -0.459 e. The van der Waals surface area contributed by atoms with Crippen molar-refractivity contribution >= 4 is 28.6 Å². The summed E-state index contributed by atoms with van der Waals surface area (Å²) in [5.41, 5.74) is 2.31. The molecule has 1 fully saturated rings. The maximum absolute atomic E-state index is 12.8. The Bertz CT molecular complexity index is 1270. The summed E-state index contributed by atoms with van der Waals surface area (Å²) in [6, 6.07) is 11.0. The summed E-state index contributed by atoms with van der Waals surface area (Å²) in [4.78, 5) is 23.2. The third-order valence-electron chi connectivity index (χ3n) is 5.36. The average molecular weight is 417 g/mol. The lowest BCUT2D eigenvalue weighted by molar-refractivity contribution is -0.120. The smallest absolute Gasteiger partial charge is 0.266 e. The first-order valence-corrected chi connectivity index (χ1v) is 9.98. The summed E-state index contributed by atoms with van der Waals surface area (Å²) in [5.74, 6) is 1.58. The van der Waals surface area contributed by atoms with Crippen molar-refractivity contribution in [2.45, 2.75) is 19.8 Å². The van der Waals surface area contributed by atoms with E-state index in [9.17, 15) is 10.1 Å². The van der Waals surface area contributed by atoms with Gasteiger partial charge in [0.25, 0.3) is 5.89 Å². The van der Waals surface area contributed by atoms with Crippen molar-refractivity contribution in [2.75, 3.05) is 23.3 Å². The number of fused-ring (bicyclic) bond motifs is 1. The number of furan rings is 1. The Morgan fingerprint density at radius 3 is 2.81 bits per heavy atom. The number of hydrogen-bond acceptors (Lipinski definition) is 8. The molecule has 1 amide bonds. The topological polar surface area (TPSA) is 121 Å². The van der Waals surface area contributed by atoms with E-state index in [-0.39, 0.29) is 23.4 Å². The highest BCUT2D eigenvalue weighted by Gasteiger charge is 2.29. The van der Waals surface area contributed by atoms with E-state index >= 15 is 0 Å². The lowest BCUT2D eigenvalue weighted by atomic mass is 9.96. The van der Waals surface area contributed by atoms with Gasteiger partial charge < -0.3 is 23.5 Å². The number of oxazole rings is 2. The van der Waals surface area contributed by atoms with E-state index < -0.39 is 0 Å². The Morgan fingerprint density at radius 2 is 2.06 bits per heavy atom. The van der Waals surface area contributed by atoms with Crippen molar-refractivity contribution in [3.63, 3.8) is 0 Å². The number of carbonyl (C=O) groups is 1. The summed E-state index contributed by atoms with van der Waals surface area (Å²) >= 11 is 0. The van der Waals surface area contributed by atoms with Crippen LogP contribution in [-0.2, 0) is 4.79 Å². The molecular formula is C22H19N5O4. The molecule has 9 nitrogen and oxygen atoms in total. The molecule has 0 bridgehead atoms. The molecule has 3 aromatic heterocycles. The van der Waals surface area contributed by atoms with Crippen LogP contribution < -0.4 is 10.2 Å². The minimum absolute atomic E-state index is 0.0337.